The van der Waals surface area contributed by atoms with Crippen LogP contribution in [0.25, 0.3) is 0 Å². The maximum atomic E-state index is 11.5. The fourth-order valence-electron chi connectivity index (χ4n) is 2.05. The predicted octanol–water partition coefficient (Wildman–Crippen LogP) is 3.22. The summed E-state index contributed by atoms with van der Waals surface area (Å²) < 4.78 is 0. The summed E-state index contributed by atoms with van der Waals surface area (Å²) in [5.74, 6) is 0.402. The number of ketones is 1. The van der Waals surface area contributed by atoms with E-state index in [4.69, 9.17) is 10.2 Å². The highest BCUT2D eigenvalue weighted by Crippen LogP contribution is 2.10. The molecule has 0 amide bonds. The van der Waals surface area contributed by atoms with Crippen LogP contribution >= 0.6 is 0 Å². The minimum Gasteiger partial charge on any atom is -0.396 e. The molecule has 3 heteroatoms. The maximum Gasteiger partial charge on any atom is 0.132 e. The Morgan fingerprint density at radius 1 is 0.556 bits per heavy atom. The van der Waals surface area contributed by atoms with Crippen molar-refractivity contribution in [3.05, 3.63) is 0 Å². The molecule has 0 aliphatic rings. The topological polar surface area (TPSA) is 57.5 Å². The van der Waals surface area contributed by atoms with Gasteiger partial charge in [-0.3, -0.25) is 4.79 Å². The molecule has 0 saturated carbocycles. The Hall–Kier alpha value is -0.410. The molecular weight excluding hydrogens is 228 g/mol. The molecule has 108 valence electrons. The molecule has 0 spiro atoms. The van der Waals surface area contributed by atoms with Crippen molar-refractivity contribution >= 4 is 5.78 Å². The number of aliphatic hydroxyl groups excluding tert-OH is 2. The average Bonchev–Trinajstić information content (AvgIpc) is 2.38. The molecule has 0 aromatic heterocycles. The first-order valence-electron chi connectivity index (χ1n) is 7.54. The van der Waals surface area contributed by atoms with E-state index < -0.39 is 0 Å². The van der Waals surface area contributed by atoms with E-state index in [0.717, 1.165) is 77.0 Å². The lowest BCUT2D eigenvalue weighted by molar-refractivity contribution is -0.119. The number of hydrogen-bond acceptors (Lipinski definition) is 3. The van der Waals surface area contributed by atoms with Crippen LogP contribution in [0.15, 0.2) is 0 Å². The van der Waals surface area contributed by atoms with Crippen LogP contribution in [0.4, 0.5) is 0 Å². The van der Waals surface area contributed by atoms with Crippen LogP contribution in [0, 0.1) is 0 Å². The highest BCUT2D eigenvalue weighted by molar-refractivity contribution is 5.78. The standard InChI is InChI=1S/C15H30O3/c16-13-9-5-1-3-7-11-15(18)12-8-4-2-6-10-14-17/h16-17H,1-14H2. The molecule has 0 radical (unpaired) electrons. The Labute approximate surface area is 112 Å². The van der Waals surface area contributed by atoms with Gasteiger partial charge in [-0.1, -0.05) is 38.5 Å². The van der Waals surface area contributed by atoms with Crippen LogP contribution in [-0.2, 0) is 4.79 Å². The molecule has 0 atom stereocenters. The van der Waals surface area contributed by atoms with Gasteiger partial charge in [0.2, 0.25) is 0 Å². The van der Waals surface area contributed by atoms with Crippen molar-refractivity contribution in [1.29, 1.82) is 0 Å². The zero-order valence-corrected chi connectivity index (χ0v) is 11.7. The molecule has 0 unspecified atom stereocenters. The lowest BCUT2D eigenvalue weighted by Gasteiger charge is -2.02. The Morgan fingerprint density at radius 3 is 1.28 bits per heavy atom. The fourth-order valence-corrected chi connectivity index (χ4v) is 2.05. The predicted molar refractivity (Wildman–Crippen MR) is 74.6 cm³/mol. The van der Waals surface area contributed by atoms with Gasteiger partial charge in [0.15, 0.2) is 0 Å². The number of carbonyl (C=O) groups is 1. The molecule has 0 rings (SSSR count). The van der Waals surface area contributed by atoms with Gasteiger partial charge >= 0.3 is 0 Å². The van der Waals surface area contributed by atoms with Gasteiger partial charge in [0.25, 0.3) is 0 Å². The van der Waals surface area contributed by atoms with E-state index >= 15 is 0 Å². The number of aliphatic hydroxyl groups is 2. The smallest absolute Gasteiger partial charge is 0.132 e. The second-order valence-corrected chi connectivity index (χ2v) is 5.02. The quantitative estimate of drug-likeness (QED) is 0.470. The van der Waals surface area contributed by atoms with Gasteiger partial charge in [-0.25, -0.2) is 0 Å². The minimum atomic E-state index is 0.287. The fraction of sp³-hybridized carbons (Fsp3) is 0.933. The summed E-state index contributed by atoms with van der Waals surface area (Å²) in [5.41, 5.74) is 0. The average molecular weight is 258 g/mol. The molecule has 0 bridgehead atoms. The van der Waals surface area contributed by atoms with Gasteiger partial charge in [-0.2, -0.15) is 0 Å². The third kappa shape index (κ3) is 13.7. The van der Waals surface area contributed by atoms with Crippen molar-refractivity contribution in [2.24, 2.45) is 0 Å². The largest absolute Gasteiger partial charge is 0.396 e. The normalized spacial score (nSPS) is 10.8. The molecule has 2 N–H and O–H groups in total. The zero-order chi connectivity index (χ0) is 13.5. The van der Waals surface area contributed by atoms with E-state index in [1.807, 2.05) is 0 Å². The van der Waals surface area contributed by atoms with Gasteiger partial charge in [0.05, 0.1) is 0 Å². The summed E-state index contributed by atoms with van der Waals surface area (Å²) in [6, 6.07) is 0. The molecular formula is C15H30O3. The zero-order valence-electron chi connectivity index (χ0n) is 11.7. The first-order chi connectivity index (χ1) is 8.81. The summed E-state index contributed by atoms with van der Waals surface area (Å²) in [7, 11) is 0. The number of unbranched alkanes of at least 4 members (excludes halogenated alkanes) is 8. The van der Waals surface area contributed by atoms with Crippen molar-refractivity contribution in [3.63, 3.8) is 0 Å². The minimum absolute atomic E-state index is 0.287. The molecule has 0 aromatic carbocycles. The highest BCUT2D eigenvalue weighted by Gasteiger charge is 2.01. The molecule has 0 heterocycles. The monoisotopic (exact) mass is 258 g/mol. The van der Waals surface area contributed by atoms with Crippen LogP contribution in [-0.4, -0.2) is 29.2 Å². The lowest BCUT2D eigenvalue weighted by Crippen LogP contribution is -1.97. The summed E-state index contributed by atoms with van der Waals surface area (Å²) in [6.07, 6.45) is 11.9. The van der Waals surface area contributed by atoms with E-state index in [-0.39, 0.29) is 13.2 Å². The molecule has 18 heavy (non-hydrogen) atoms. The Balaban J connectivity index is 3.12. The van der Waals surface area contributed by atoms with Crippen LogP contribution in [0.3, 0.4) is 0 Å². The first-order valence-corrected chi connectivity index (χ1v) is 7.54. The SMILES string of the molecule is O=C(CCCCCCCO)CCCCCCCO. The van der Waals surface area contributed by atoms with Gasteiger partial charge in [0, 0.05) is 26.1 Å². The maximum absolute atomic E-state index is 11.5. The van der Waals surface area contributed by atoms with E-state index in [9.17, 15) is 4.79 Å². The molecule has 0 aliphatic heterocycles. The van der Waals surface area contributed by atoms with E-state index in [2.05, 4.69) is 0 Å². The van der Waals surface area contributed by atoms with Crippen LogP contribution in [0.1, 0.15) is 77.0 Å². The molecule has 0 aliphatic carbocycles. The van der Waals surface area contributed by atoms with Crippen molar-refractivity contribution in [1.82, 2.24) is 0 Å². The van der Waals surface area contributed by atoms with Crippen LogP contribution in [0.5, 0.6) is 0 Å². The summed E-state index contributed by atoms with van der Waals surface area (Å²) in [4.78, 5) is 11.5. The van der Waals surface area contributed by atoms with E-state index in [1.54, 1.807) is 0 Å². The summed E-state index contributed by atoms with van der Waals surface area (Å²) in [5, 5.41) is 17.2. The van der Waals surface area contributed by atoms with Crippen molar-refractivity contribution in [2.45, 2.75) is 77.0 Å². The highest BCUT2D eigenvalue weighted by atomic mass is 16.3. The Bertz CT molecular complexity index is 163. The van der Waals surface area contributed by atoms with Crippen molar-refractivity contribution < 1.29 is 15.0 Å². The van der Waals surface area contributed by atoms with Gasteiger partial charge in [-0.05, 0) is 25.7 Å². The Morgan fingerprint density at radius 2 is 0.889 bits per heavy atom. The van der Waals surface area contributed by atoms with Gasteiger partial charge in [0.1, 0.15) is 5.78 Å². The first kappa shape index (κ1) is 17.6. The van der Waals surface area contributed by atoms with E-state index in [0.29, 0.717) is 5.78 Å². The number of hydrogen-bond donors (Lipinski definition) is 2. The number of carbonyl (C=O) groups excluding carboxylic acids is 1. The molecule has 0 aromatic rings. The second kappa shape index (κ2) is 14.7. The number of Topliss-reactive ketones (excluding diaryl/α,β-unsaturated/α-hetero) is 1. The van der Waals surface area contributed by atoms with Crippen molar-refractivity contribution in [3.8, 4) is 0 Å². The number of rotatable bonds is 14. The third-order valence-corrected chi connectivity index (χ3v) is 3.23. The Kier molecular flexibility index (Phi) is 14.3. The third-order valence-electron chi connectivity index (χ3n) is 3.23. The second-order valence-electron chi connectivity index (χ2n) is 5.02. The molecule has 3 nitrogen and oxygen atoms in total. The van der Waals surface area contributed by atoms with Gasteiger partial charge in [-0.15, -0.1) is 0 Å². The molecule has 0 fully saturated rings. The molecule has 0 saturated heterocycles. The van der Waals surface area contributed by atoms with Gasteiger partial charge < -0.3 is 10.2 Å². The van der Waals surface area contributed by atoms with Crippen LogP contribution < -0.4 is 0 Å². The van der Waals surface area contributed by atoms with Crippen LogP contribution in [0.2, 0.25) is 0 Å². The van der Waals surface area contributed by atoms with Crippen molar-refractivity contribution in [2.75, 3.05) is 13.2 Å². The summed E-state index contributed by atoms with van der Waals surface area (Å²) in [6.45, 7) is 0.574. The van der Waals surface area contributed by atoms with E-state index in [1.165, 1.54) is 0 Å². The summed E-state index contributed by atoms with van der Waals surface area (Å²) >= 11 is 0. The lowest BCUT2D eigenvalue weighted by atomic mass is 10.0.